The molecule has 0 fully saturated rings. The van der Waals surface area contributed by atoms with Crippen molar-refractivity contribution in [2.45, 2.75) is 26.8 Å². The van der Waals surface area contributed by atoms with Gasteiger partial charge in [-0.2, -0.15) is 4.98 Å². The van der Waals surface area contributed by atoms with Crippen LogP contribution >= 0.6 is 0 Å². The van der Waals surface area contributed by atoms with Gasteiger partial charge < -0.3 is 9.88 Å². The van der Waals surface area contributed by atoms with E-state index in [1.807, 2.05) is 20.8 Å². The summed E-state index contributed by atoms with van der Waals surface area (Å²) in [5, 5.41) is 3.10. The fourth-order valence-electron chi connectivity index (χ4n) is 1.99. The number of aryl methyl sites for hydroxylation is 1. The van der Waals surface area contributed by atoms with Crippen LogP contribution in [0, 0.1) is 0 Å². The van der Waals surface area contributed by atoms with Gasteiger partial charge in [0.2, 0.25) is 5.95 Å². The molecule has 0 aromatic carbocycles. The fraction of sp³-hybridized carbons (Fsp3) is 0.545. The molecule has 7 nitrogen and oxygen atoms in total. The van der Waals surface area contributed by atoms with Crippen LogP contribution in [0.3, 0.4) is 0 Å². The van der Waals surface area contributed by atoms with Crippen LogP contribution < -0.4 is 16.6 Å². The lowest BCUT2D eigenvalue weighted by molar-refractivity contribution is 0.620. The average Bonchev–Trinajstić information content (AvgIpc) is 2.66. The first-order chi connectivity index (χ1) is 8.47. The summed E-state index contributed by atoms with van der Waals surface area (Å²) in [5.41, 5.74) is -0.0427. The van der Waals surface area contributed by atoms with Gasteiger partial charge in [0.25, 0.3) is 5.56 Å². The number of hydrogen-bond donors (Lipinski definition) is 2. The molecule has 7 heteroatoms. The van der Waals surface area contributed by atoms with Crippen molar-refractivity contribution >= 4 is 17.1 Å². The summed E-state index contributed by atoms with van der Waals surface area (Å²) >= 11 is 0. The number of nitrogens with one attached hydrogen (secondary N) is 2. The van der Waals surface area contributed by atoms with Crippen LogP contribution in [0.1, 0.15) is 26.8 Å². The van der Waals surface area contributed by atoms with Crippen molar-refractivity contribution < 1.29 is 0 Å². The lowest BCUT2D eigenvalue weighted by Crippen LogP contribution is -2.29. The molecule has 2 heterocycles. The van der Waals surface area contributed by atoms with Gasteiger partial charge in [-0.15, -0.1) is 0 Å². The number of aromatic amines is 1. The molecule has 18 heavy (non-hydrogen) atoms. The summed E-state index contributed by atoms with van der Waals surface area (Å²) in [5.74, 6) is 0.606. The Kier molecular flexibility index (Phi) is 2.98. The third-order valence-electron chi connectivity index (χ3n) is 2.80. The third-order valence-corrected chi connectivity index (χ3v) is 2.80. The van der Waals surface area contributed by atoms with E-state index in [4.69, 9.17) is 0 Å². The molecular weight excluding hydrogens is 234 g/mol. The molecule has 2 rings (SSSR count). The van der Waals surface area contributed by atoms with Crippen LogP contribution in [0.2, 0.25) is 0 Å². The van der Waals surface area contributed by atoms with Crippen LogP contribution in [-0.4, -0.2) is 25.6 Å². The van der Waals surface area contributed by atoms with Gasteiger partial charge in [0, 0.05) is 19.6 Å². The molecule has 0 bridgehead atoms. The van der Waals surface area contributed by atoms with E-state index in [2.05, 4.69) is 15.3 Å². The molecule has 0 amide bonds. The second kappa shape index (κ2) is 4.32. The smallest absolute Gasteiger partial charge is 0.329 e. The predicted molar refractivity (Wildman–Crippen MR) is 70.1 cm³/mol. The standard InChI is InChI=1S/C11H17N5O2/c1-5-12-10-13-8-7(16(10)6(2)3)9(17)14-11(18)15(8)4/h6H,5H2,1-4H3,(H,12,13)(H,14,17,18). The monoisotopic (exact) mass is 251 g/mol. The van der Waals surface area contributed by atoms with E-state index in [9.17, 15) is 9.59 Å². The molecule has 0 unspecified atom stereocenters. The van der Waals surface area contributed by atoms with Crippen molar-refractivity contribution in [3.05, 3.63) is 20.8 Å². The third kappa shape index (κ3) is 1.71. The van der Waals surface area contributed by atoms with Crippen molar-refractivity contribution in [1.29, 1.82) is 0 Å². The summed E-state index contributed by atoms with van der Waals surface area (Å²) in [7, 11) is 1.59. The molecule has 0 radical (unpaired) electrons. The number of aromatic nitrogens is 4. The first-order valence-corrected chi connectivity index (χ1v) is 5.92. The summed E-state index contributed by atoms with van der Waals surface area (Å²) in [6, 6.07) is 0.0719. The van der Waals surface area contributed by atoms with E-state index in [0.717, 1.165) is 0 Å². The van der Waals surface area contributed by atoms with Gasteiger partial charge in [-0.1, -0.05) is 0 Å². The molecule has 98 valence electrons. The molecule has 0 saturated heterocycles. The Balaban J connectivity index is 2.94. The summed E-state index contributed by atoms with van der Waals surface area (Å²) in [4.78, 5) is 30.1. The number of rotatable bonds is 3. The van der Waals surface area contributed by atoms with Crippen LogP contribution in [0.5, 0.6) is 0 Å². The van der Waals surface area contributed by atoms with Crippen LogP contribution in [0.4, 0.5) is 5.95 Å². The van der Waals surface area contributed by atoms with E-state index in [1.165, 1.54) is 4.57 Å². The molecule has 0 aliphatic heterocycles. The lowest BCUT2D eigenvalue weighted by Gasteiger charge is -2.12. The van der Waals surface area contributed by atoms with Gasteiger partial charge in [-0.05, 0) is 20.8 Å². The predicted octanol–water partition coefficient (Wildman–Crippen LogP) is 0.436. The van der Waals surface area contributed by atoms with Crippen molar-refractivity contribution in [3.8, 4) is 0 Å². The molecule has 2 aromatic heterocycles. The lowest BCUT2D eigenvalue weighted by atomic mass is 10.3. The van der Waals surface area contributed by atoms with Gasteiger partial charge in [0.15, 0.2) is 11.2 Å². The maximum Gasteiger partial charge on any atom is 0.329 e. The largest absolute Gasteiger partial charge is 0.356 e. The van der Waals surface area contributed by atoms with Gasteiger partial charge in [0.05, 0.1) is 0 Å². The second-order valence-electron chi connectivity index (χ2n) is 4.42. The highest BCUT2D eigenvalue weighted by Gasteiger charge is 2.18. The number of anilines is 1. The zero-order chi connectivity index (χ0) is 13.4. The Bertz CT molecular complexity index is 692. The summed E-state index contributed by atoms with van der Waals surface area (Å²) in [6.45, 7) is 6.58. The molecule has 2 N–H and O–H groups in total. The van der Waals surface area contributed by atoms with Gasteiger partial charge >= 0.3 is 5.69 Å². The molecule has 0 aliphatic carbocycles. The molecule has 2 aromatic rings. The molecule has 0 spiro atoms. The van der Waals surface area contributed by atoms with Gasteiger partial charge in [-0.3, -0.25) is 14.3 Å². The number of H-pyrrole nitrogens is 1. The highest BCUT2D eigenvalue weighted by molar-refractivity contribution is 5.74. The highest BCUT2D eigenvalue weighted by Crippen LogP contribution is 2.20. The number of nitrogens with zero attached hydrogens (tertiary/aromatic N) is 3. The molecule has 0 saturated carbocycles. The maximum atomic E-state index is 11.9. The minimum Gasteiger partial charge on any atom is -0.356 e. The Morgan fingerprint density at radius 1 is 1.39 bits per heavy atom. The quantitative estimate of drug-likeness (QED) is 0.828. The summed E-state index contributed by atoms with van der Waals surface area (Å²) in [6.07, 6.45) is 0. The minimum atomic E-state index is -0.455. The average molecular weight is 251 g/mol. The summed E-state index contributed by atoms with van der Waals surface area (Å²) < 4.78 is 3.15. The van der Waals surface area contributed by atoms with Crippen LogP contribution in [-0.2, 0) is 7.05 Å². The Morgan fingerprint density at radius 3 is 2.61 bits per heavy atom. The minimum absolute atomic E-state index is 0.0719. The normalized spacial score (nSPS) is 11.4. The second-order valence-corrected chi connectivity index (χ2v) is 4.42. The zero-order valence-corrected chi connectivity index (χ0v) is 10.9. The molecular formula is C11H17N5O2. The number of imidazole rings is 1. The molecule has 0 aliphatic rings. The Labute approximate surface area is 103 Å². The van der Waals surface area contributed by atoms with E-state index in [-0.39, 0.29) is 6.04 Å². The Hall–Kier alpha value is -2.05. The maximum absolute atomic E-state index is 11.9. The van der Waals surface area contributed by atoms with Crippen LogP contribution in [0.15, 0.2) is 9.59 Å². The first-order valence-electron chi connectivity index (χ1n) is 5.92. The van der Waals surface area contributed by atoms with E-state index in [1.54, 1.807) is 11.6 Å². The van der Waals surface area contributed by atoms with Crippen molar-refractivity contribution in [1.82, 2.24) is 19.1 Å². The highest BCUT2D eigenvalue weighted by atomic mass is 16.2. The van der Waals surface area contributed by atoms with E-state index >= 15 is 0 Å². The Morgan fingerprint density at radius 2 is 2.06 bits per heavy atom. The first kappa shape index (κ1) is 12.4. The van der Waals surface area contributed by atoms with E-state index in [0.29, 0.717) is 23.7 Å². The van der Waals surface area contributed by atoms with Crippen molar-refractivity contribution in [3.63, 3.8) is 0 Å². The zero-order valence-electron chi connectivity index (χ0n) is 10.9. The van der Waals surface area contributed by atoms with Gasteiger partial charge in [0.1, 0.15) is 0 Å². The number of fused-ring (bicyclic) bond motifs is 1. The fourth-order valence-corrected chi connectivity index (χ4v) is 1.99. The van der Waals surface area contributed by atoms with Crippen molar-refractivity contribution in [2.24, 2.45) is 7.05 Å². The topological polar surface area (TPSA) is 84.7 Å². The van der Waals surface area contributed by atoms with E-state index < -0.39 is 11.2 Å². The number of hydrogen-bond acceptors (Lipinski definition) is 4. The van der Waals surface area contributed by atoms with Crippen LogP contribution in [0.25, 0.3) is 11.2 Å². The van der Waals surface area contributed by atoms with Crippen molar-refractivity contribution in [2.75, 3.05) is 11.9 Å². The SMILES string of the molecule is CCNc1nc2c(c(=O)[nH]c(=O)n2C)n1C(C)C. The molecule has 0 atom stereocenters. The van der Waals surface area contributed by atoms with Gasteiger partial charge in [-0.25, -0.2) is 4.79 Å².